The average molecular weight is 311 g/mol. The number of nitrogens with zero attached hydrogens (tertiary/aromatic N) is 3. The first-order valence-corrected chi connectivity index (χ1v) is 8.82. The summed E-state index contributed by atoms with van der Waals surface area (Å²) in [6.07, 6.45) is 2.29. The zero-order chi connectivity index (χ0) is 15.6. The lowest BCUT2D eigenvalue weighted by molar-refractivity contribution is 0.122. The van der Waals surface area contributed by atoms with Crippen molar-refractivity contribution in [2.75, 3.05) is 44.3 Å². The minimum Gasteiger partial charge on any atom is -0.378 e. The number of ether oxygens (including phenoxy) is 1. The van der Waals surface area contributed by atoms with Crippen LogP contribution >= 0.6 is 0 Å². The lowest BCUT2D eigenvalue weighted by atomic mass is 10.0. The van der Waals surface area contributed by atoms with Gasteiger partial charge in [-0.25, -0.2) is 0 Å². The van der Waals surface area contributed by atoms with Gasteiger partial charge >= 0.3 is 0 Å². The van der Waals surface area contributed by atoms with Crippen LogP contribution in [0.25, 0.3) is 10.9 Å². The van der Waals surface area contributed by atoms with E-state index in [4.69, 9.17) is 9.72 Å². The van der Waals surface area contributed by atoms with E-state index in [1.54, 1.807) is 0 Å². The van der Waals surface area contributed by atoms with Gasteiger partial charge in [-0.2, -0.15) is 0 Å². The Kier molecular flexibility index (Phi) is 4.19. The van der Waals surface area contributed by atoms with Gasteiger partial charge in [-0.05, 0) is 32.0 Å². The monoisotopic (exact) mass is 311 g/mol. The molecule has 0 radical (unpaired) electrons. The van der Waals surface area contributed by atoms with Crippen molar-refractivity contribution in [2.24, 2.45) is 0 Å². The topological polar surface area (TPSA) is 28.6 Å². The number of pyridine rings is 1. The molecular formula is C19H25N3O. The quantitative estimate of drug-likeness (QED) is 0.853. The molecule has 1 aromatic heterocycles. The number of fused-ring (bicyclic) bond motifs is 2. The van der Waals surface area contributed by atoms with Crippen LogP contribution in [0.2, 0.25) is 0 Å². The summed E-state index contributed by atoms with van der Waals surface area (Å²) in [5.74, 6) is 0. The van der Waals surface area contributed by atoms with E-state index in [1.165, 1.54) is 35.3 Å². The minimum atomic E-state index is 0.822. The van der Waals surface area contributed by atoms with Crippen molar-refractivity contribution in [2.45, 2.75) is 26.3 Å². The molecule has 0 saturated carbocycles. The number of benzene rings is 1. The molecule has 2 aliphatic rings. The SMILES string of the molecule is CCN1CCCc2nc3ccccc3c(N3CCOCC3)c2C1. The fraction of sp³-hybridized carbons (Fsp3) is 0.526. The van der Waals surface area contributed by atoms with Crippen LogP contribution in [0.4, 0.5) is 5.69 Å². The number of rotatable bonds is 2. The van der Waals surface area contributed by atoms with Gasteiger partial charge in [0.15, 0.2) is 0 Å². The molecule has 122 valence electrons. The Bertz CT molecular complexity index is 694. The number of morpholine rings is 1. The van der Waals surface area contributed by atoms with E-state index >= 15 is 0 Å². The fourth-order valence-corrected chi connectivity index (χ4v) is 3.85. The van der Waals surface area contributed by atoms with Crippen LogP contribution in [0.15, 0.2) is 24.3 Å². The third-order valence-corrected chi connectivity index (χ3v) is 5.09. The Morgan fingerprint density at radius 3 is 2.78 bits per heavy atom. The number of aryl methyl sites for hydroxylation is 1. The van der Waals surface area contributed by atoms with E-state index in [2.05, 4.69) is 41.0 Å². The Labute approximate surface area is 138 Å². The molecular weight excluding hydrogens is 286 g/mol. The summed E-state index contributed by atoms with van der Waals surface area (Å²) in [4.78, 5) is 10.1. The molecule has 0 bridgehead atoms. The molecule has 23 heavy (non-hydrogen) atoms. The van der Waals surface area contributed by atoms with Crippen LogP contribution in [-0.4, -0.2) is 49.3 Å². The van der Waals surface area contributed by atoms with Crippen molar-refractivity contribution in [3.05, 3.63) is 35.5 Å². The zero-order valence-corrected chi connectivity index (χ0v) is 13.9. The van der Waals surface area contributed by atoms with Crippen LogP contribution in [0, 0.1) is 0 Å². The Balaban J connectivity index is 1.90. The molecule has 1 fully saturated rings. The molecule has 0 atom stereocenters. The van der Waals surface area contributed by atoms with Crippen molar-refractivity contribution in [1.82, 2.24) is 9.88 Å². The number of anilines is 1. The maximum Gasteiger partial charge on any atom is 0.0726 e. The second-order valence-electron chi connectivity index (χ2n) is 6.47. The molecule has 2 aromatic rings. The highest BCUT2D eigenvalue weighted by Gasteiger charge is 2.24. The predicted molar refractivity (Wildman–Crippen MR) is 94.0 cm³/mol. The van der Waals surface area contributed by atoms with Gasteiger partial charge in [-0.15, -0.1) is 0 Å². The van der Waals surface area contributed by atoms with E-state index in [1.807, 2.05) is 0 Å². The van der Waals surface area contributed by atoms with E-state index in [-0.39, 0.29) is 0 Å². The van der Waals surface area contributed by atoms with Gasteiger partial charge in [0.25, 0.3) is 0 Å². The highest BCUT2D eigenvalue weighted by molar-refractivity contribution is 5.94. The lowest BCUT2D eigenvalue weighted by Gasteiger charge is -2.33. The fourth-order valence-electron chi connectivity index (χ4n) is 3.85. The normalized spacial score (nSPS) is 19.6. The summed E-state index contributed by atoms with van der Waals surface area (Å²) >= 11 is 0. The summed E-state index contributed by atoms with van der Waals surface area (Å²) in [6, 6.07) is 8.62. The molecule has 3 heterocycles. The molecule has 1 saturated heterocycles. The number of hydrogen-bond donors (Lipinski definition) is 0. The van der Waals surface area contributed by atoms with Crippen LogP contribution in [0.3, 0.4) is 0 Å². The van der Waals surface area contributed by atoms with Gasteiger partial charge in [0.2, 0.25) is 0 Å². The number of para-hydroxylation sites is 1. The van der Waals surface area contributed by atoms with E-state index < -0.39 is 0 Å². The maximum atomic E-state index is 5.58. The Morgan fingerprint density at radius 1 is 1.13 bits per heavy atom. The van der Waals surface area contributed by atoms with Gasteiger partial charge < -0.3 is 9.64 Å². The largest absolute Gasteiger partial charge is 0.378 e. The molecule has 2 aliphatic heterocycles. The second-order valence-corrected chi connectivity index (χ2v) is 6.47. The summed E-state index contributed by atoms with van der Waals surface area (Å²) < 4.78 is 5.58. The van der Waals surface area contributed by atoms with Crippen LogP contribution in [-0.2, 0) is 17.7 Å². The third-order valence-electron chi connectivity index (χ3n) is 5.09. The average Bonchev–Trinajstić information content (AvgIpc) is 2.82. The highest BCUT2D eigenvalue weighted by atomic mass is 16.5. The molecule has 0 N–H and O–H groups in total. The van der Waals surface area contributed by atoms with E-state index in [9.17, 15) is 0 Å². The predicted octanol–water partition coefficient (Wildman–Crippen LogP) is 2.84. The van der Waals surface area contributed by atoms with Gasteiger partial charge in [0.1, 0.15) is 0 Å². The van der Waals surface area contributed by atoms with Gasteiger partial charge in [-0.3, -0.25) is 9.88 Å². The molecule has 1 aromatic carbocycles. The van der Waals surface area contributed by atoms with Crippen molar-refractivity contribution in [3.8, 4) is 0 Å². The number of aromatic nitrogens is 1. The summed E-state index contributed by atoms with van der Waals surface area (Å²) in [5.41, 5.74) is 5.30. The summed E-state index contributed by atoms with van der Waals surface area (Å²) in [6.45, 7) is 9.16. The minimum absolute atomic E-state index is 0.822. The van der Waals surface area contributed by atoms with Crippen molar-refractivity contribution in [3.63, 3.8) is 0 Å². The van der Waals surface area contributed by atoms with Crippen LogP contribution in [0.5, 0.6) is 0 Å². The van der Waals surface area contributed by atoms with Gasteiger partial charge in [0.05, 0.1) is 24.4 Å². The highest BCUT2D eigenvalue weighted by Crippen LogP contribution is 2.35. The van der Waals surface area contributed by atoms with Crippen molar-refractivity contribution in [1.29, 1.82) is 0 Å². The molecule has 0 aliphatic carbocycles. The van der Waals surface area contributed by atoms with Gasteiger partial charge in [-0.1, -0.05) is 25.1 Å². The second kappa shape index (κ2) is 6.46. The number of hydrogen-bond acceptors (Lipinski definition) is 4. The smallest absolute Gasteiger partial charge is 0.0726 e. The zero-order valence-electron chi connectivity index (χ0n) is 13.9. The first-order chi connectivity index (χ1) is 11.4. The van der Waals surface area contributed by atoms with E-state index in [0.717, 1.165) is 51.3 Å². The van der Waals surface area contributed by atoms with Crippen molar-refractivity contribution < 1.29 is 4.74 Å². The standard InChI is InChI=1S/C19H25N3O/c1-2-21-9-5-8-18-16(14-21)19(22-10-12-23-13-11-22)15-6-3-4-7-17(15)20-18/h3-4,6-7H,2,5,8-14H2,1H3. The first-order valence-electron chi connectivity index (χ1n) is 8.82. The van der Waals surface area contributed by atoms with Gasteiger partial charge in [0, 0.05) is 36.3 Å². The van der Waals surface area contributed by atoms with Crippen LogP contribution < -0.4 is 4.90 Å². The maximum absolute atomic E-state index is 5.58. The molecule has 4 nitrogen and oxygen atoms in total. The molecule has 4 heteroatoms. The molecule has 0 unspecified atom stereocenters. The molecule has 4 rings (SSSR count). The molecule has 0 spiro atoms. The van der Waals surface area contributed by atoms with Crippen LogP contribution in [0.1, 0.15) is 24.6 Å². The summed E-state index contributed by atoms with van der Waals surface area (Å²) in [7, 11) is 0. The van der Waals surface area contributed by atoms with Crippen molar-refractivity contribution >= 4 is 16.6 Å². The Hall–Kier alpha value is -1.65. The molecule has 0 amide bonds. The Morgan fingerprint density at radius 2 is 1.96 bits per heavy atom. The summed E-state index contributed by atoms with van der Waals surface area (Å²) in [5, 5.41) is 1.30. The lowest BCUT2D eigenvalue weighted by Crippen LogP contribution is -2.37. The van der Waals surface area contributed by atoms with E-state index in [0.29, 0.717) is 0 Å². The third kappa shape index (κ3) is 2.81. The first kappa shape index (κ1) is 14.9.